The van der Waals surface area contributed by atoms with Crippen molar-refractivity contribution in [3.8, 4) is 0 Å². The first kappa shape index (κ1) is 15.0. The van der Waals surface area contributed by atoms with E-state index < -0.39 is 0 Å². The molecule has 2 aliphatic rings. The molecule has 1 atom stereocenters. The number of nitrogens with zero attached hydrogens (tertiary/aromatic N) is 2. The number of nitrogens with one attached hydrogen (secondary N) is 1. The third-order valence-electron chi connectivity index (χ3n) is 3.98. The Morgan fingerprint density at radius 1 is 1.41 bits per heavy atom. The molecule has 1 amide bonds. The minimum atomic E-state index is -0.0964. The van der Waals surface area contributed by atoms with Crippen LogP contribution >= 0.6 is 11.8 Å². The van der Waals surface area contributed by atoms with Crippen molar-refractivity contribution in [2.75, 3.05) is 25.1 Å². The van der Waals surface area contributed by atoms with Crippen LogP contribution in [0.25, 0.3) is 0 Å². The summed E-state index contributed by atoms with van der Waals surface area (Å²) in [5.74, 6) is 1.00. The highest BCUT2D eigenvalue weighted by molar-refractivity contribution is 8.13. The first-order valence-corrected chi connectivity index (χ1v) is 8.37. The number of thioether (sulfide) groups is 1. The van der Waals surface area contributed by atoms with Gasteiger partial charge in [0, 0.05) is 25.0 Å². The number of fused-ring (bicyclic) bond motifs is 1. The van der Waals surface area contributed by atoms with Crippen molar-refractivity contribution in [1.82, 2.24) is 10.2 Å². The zero-order valence-corrected chi connectivity index (χ0v) is 13.6. The number of benzene rings is 1. The number of anilines is 1. The van der Waals surface area contributed by atoms with Crippen LogP contribution in [0.4, 0.5) is 5.69 Å². The van der Waals surface area contributed by atoms with Gasteiger partial charge in [-0.1, -0.05) is 23.9 Å². The first-order chi connectivity index (χ1) is 10.6. The minimum absolute atomic E-state index is 0.0716. The molecule has 0 spiro atoms. The smallest absolute Gasteiger partial charge is 0.251 e. The summed E-state index contributed by atoms with van der Waals surface area (Å²) >= 11 is 1.76. The number of rotatable bonds is 2. The van der Waals surface area contributed by atoms with Crippen LogP contribution in [0.3, 0.4) is 0 Å². The molecule has 0 unspecified atom stereocenters. The van der Waals surface area contributed by atoms with Gasteiger partial charge in [0.2, 0.25) is 0 Å². The van der Waals surface area contributed by atoms with E-state index in [0.717, 1.165) is 46.4 Å². The number of amides is 1. The molecule has 116 valence electrons. The molecule has 1 aromatic carbocycles. The van der Waals surface area contributed by atoms with Crippen LogP contribution < -0.4 is 11.1 Å². The Kier molecular flexibility index (Phi) is 4.11. The molecule has 1 saturated heterocycles. The Morgan fingerprint density at radius 3 is 2.82 bits per heavy atom. The normalized spacial score (nSPS) is 21.3. The monoisotopic (exact) mass is 316 g/mol. The standard InChI is InChI=1S/C16H20N4OS/c1-10-13(15(21)18-2)14(11-4-6-12(17)7-5-11)20-8-3-9-22-16(20)19-10/h4-7,14H,3,8-9,17H2,1-2H3,(H,18,21)/t14-/m0/s1. The maximum atomic E-state index is 12.4. The van der Waals surface area contributed by atoms with Gasteiger partial charge in [-0.3, -0.25) is 4.79 Å². The fourth-order valence-corrected chi connectivity index (χ4v) is 3.94. The van der Waals surface area contributed by atoms with E-state index in [0.29, 0.717) is 0 Å². The lowest BCUT2D eigenvalue weighted by atomic mass is 9.93. The fourth-order valence-electron chi connectivity index (χ4n) is 2.92. The SMILES string of the molecule is CNC(=O)C1=C(C)N=C2SCCCN2[C@H]1c1ccc(N)cc1. The number of carbonyl (C=O) groups is 1. The number of amidine groups is 1. The predicted octanol–water partition coefficient (Wildman–Crippen LogP) is 2.14. The van der Waals surface area contributed by atoms with Gasteiger partial charge in [0.05, 0.1) is 17.3 Å². The van der Waals surface area contributed by atoms with Crippen LogP contribution in [0.1, 0.15) is 24.9 Å². The lowest BCUT2D eigenvalue weighted by Crippen LogP contribution is -2.43. The van der Waals surface area contributed by atoms with E-state index in [1.807, 2.05) is 31.2 Å². The number of likely N-dealkylation sites (N-methyl/N-ethyl adjacent to an activating group) is 1. The zero-order chi connectivity index (χ0) is 15.7. The summed E-state index contributed by atoms with van der Waals surface area (Å²) in [6.45, 7) is 2.82. The number of hydrogen-bond donors (Lipinski definition) is 2. The van der Waals surface area contributed by atoms with Gasteiger partial charge in [0.25, 0.3) is 5.91 Å². The average Bonchev–Trinajstić information content (AvgIpc) is 2.54. The van der Waals surface area contributed by atoms with Crippen molar-refractivity contribution in [3.63, 3.8) is 0 Å². The van der Waals surface area contributed by atoms with E-state index in [1.54, 1.807) is 18.8 Å². The van der Waals surface area contributed by atoms with Crippen LogP contribution in [0.2, 0.25) is 0 Å². The summed E-state index contributed by atoms with van der Waals surface area (Å²) in [5.41, 5.74) is 9.11. The molecule has 6 heteroatoms. The quantitative estimate of drug-likeness (QED) is 0.820. The number of aliphatic imine (C=N–C) groups is 1. The summed E-state index contributed by atoms with van der Waals surface area (Å²) in [4.78, 5) is 19.3. The van der Waals surface area contributed by atoms with Crippen LogP contribution in [-0.4, -0.2) is 35.3 Å². The number of nitrogens with two attached hydrogens (primary N) is 1. The van der Waals surface area contributed by atoms with Crippen LogP contribution in [-0.2, 0) is 4.79 Å². The molecule has 3 N–H and O–H groups in total. The number of allylic oxidation sites excluding steroid dienone is 1. The average molecular weight is 316 g/mol. The summed E-state index contributed by atoms with van der Waals surface area (Å²) in [5, 5.41) is 3.76. The number of carbonyl (C=O) groups excluding carboxylic acids is 1. The van der Waals surface area contributed by atoms with Gasteiger partial charge in [-0.25, -0.2) is 4.99 Å². The van der Waals surface area contributed by atoms with Gasteiger partial charge >= 0.3 is 0 Å². The molecule has 0 saturated carbocycles. The second-order valence-electron chi connectivity index (χ2n) is 5.44. The summed E-state index contributed by atoms with van der Waals surface area (Å²) < 4.78 is 0. The Bertz CT molecular complexity index is 651. The Morgan fingerprint density at radius 2 is 2.14 bits per heavy atom. The van der Waals surface area contributed by atoms with Crippen molar-refractivity contribution in [3.05, 3.63) is 41.1 Å². The molecule has 0 radical (unpaired) electrons. The number of nitrogen functional groups attached to an aromatic ring is 1. The van der Waals surface area contributed by atoms with Gasteiger partial charge in [-0.15, -0.1) is 0 Å². The molecule has 22 heavy (non-hydrogen) atoms. The van der Waals surface area contributed by atoms with Crippen LogP contribution in [0, 0.1) is 0 Å². The second kappa shape index (κ2) is 6.04. The molecule has 0 bridgehead atoms. The van der Waals surface area contributed by atoms with Crippen molar-refractivity contribution in [2.24, 2.45) is 4.99 Å². The molecule has 0 aliphatic carbocycles. The Balaban J connectivity index is 2.11. The van der Waals surface area contributed by atoms with Crippen molar-refractivity contribution >= 4 is 28.5 Å². The summed E-state index contributed by atoms with van der Waals surface area (Å²) in [6.07, 6.45) is 1.09. The first-order valence-electron chi connectivity index (χ1n) is 7.38. The van der Waals surface area contributed by atoms with Gasteiger partial charge in [-0.05, 0) is 31.0 Å². The molecule has 1 fully saturated rings. The fraction of sp³-hybridized carbons (Fsp3) is 0.375. The number of hydrogen-bond acceptors (Lipinski definition) is 5. The molecule has 5 nitrogen and oxygen atoms in total. The molecule has 0 aromatic heterocycles. The highest BCUT2D eigenvalue weighted by atomic mass is 32.2. The molecular weight excluding hydrogens is 296 g/mol. The van der Waals surface area contributed by atoms with E-state index in [4.69, 9.17) is 5.73 Å². The maximum absolute atomic E-state index is 12.4. The second-order valence-corrected chi connectivity index (χ2v) is 6.50. The minimum Gasteiger partial charge on any atom is -0.399 e. The van der Waals surface area contributed by atoms with Crippen molar-refractivity contribution in [2.45, 2.75) is 19.4 Å². The third-order valence-corrected chi connectivity index (χ3v) is 5.06. The predicted molar refractivity (Wildman–Crippen MR) is 91.6 cm³/mol. The van der Waals surface area contributed by atoms with E-state index in [2.05, 4.69) is 15.2 Å². The van der Waals surface area contributed by atoms with Gasteiger partial charge in [0.1, 0.15) is 0 Å². The third kappa shape index (κ3) is 2.59. The summed E-state index contributed by atoms with van der Waals surface area (Å²) in [6, 6.07) is 7.67. The van der Waals surface area contributed by atoms with Gasteiger partial charge in [-0.2, -0.15) is 0 Å². The van der Waals surface area contributed by atoms with Gasteiger partial charge < -0.3 is 16.0 Å². The Labute approximate surface area is 134 Å². The highest BCUT2D eigenvalue weighted by Gasteiger charge is 2.36. The van der Waals surface area contributed by atoms with Crippen LogP contribution in [0.5, 0.6) is 0 Å². The lowest BCUT2D eigenvalue weighted by Gasteiger charge is -2.40. The lowest BCUT2D eigenvalue weighted by molar-refractivity contribution is -0.117. The van der Waals surface area contributed by atoms with E-state index >= 15 is 0 Å². The van der Waals surface area contributed by atoms with E-state index in [1.165, 1.54) is 0 Å². The zero-order valence-electron chi connectivity index (χ0n) is 12.8. The summed E-state index contributed by atoms with van der Waals surface area (Å²) in [7, 11) is 1.66. The van der Waals surface area contributed by atoms with Crippen molar-refractivity contribution < 1.29 is 4.79 Å². The molecule has 2 heterocycles. The van der Waals surface area contributed by atoms with Crippen LogP contribution in [0.15, 0.2) is 40.5 Å². The van der Waals surface area contributed by atoms with Crippen molar-refractivity contribution in [1.29, 1.82) is 0 Å². The molecule has 3 rings (SSSR count). The Hall–Kier alpha value is -1.95. The molecule has 1 aromatic rings. The molecular formula is C16H20N4OS. The van der Waals surface area contributed by atoms with E-state index in [-0.39, 0.29) is 11.9 Å². The maximum Gasteiger partial charge on any atom is 0.251 e. The van der Waals surface area contributed by atoms with E-state index in [9.17, 15) is 4.79 Å². The highest BCUT2D eigenvalue weighted by Crippen LogP contribution is 2.39. The topological polar surface area (TPSA) is 70.7 Å². The largest absolute Gasteiger partial charge is 0.399 e. The molecule has 2 aliphatic heterocycles. The van der Waals surface area contributed by atoms with Gasteiger partial charge in [0.15, 0.2) is 5.17 Å².